The van der Waals surface area contributed by atoms with Crippen LogP contribution in [0.3, 0.4) is 0 Å². The third kappa shape index (κ3) is 8.82. The van der Waals surface area contributed by atoms with Gasteiger partial charge < -0.3 is 44.6 Å². The number of amides is 4. The van der Waals surface area contributed by atoms with Gasteiger partial charge in [-0.2, -0.15) is 0 Å². The van der Waals surface area contributed by atoms with Gasteiger partial charge in [-0.15, -0.1) is 11.8 Å². The molecule has 3 aliphatic rings. The minimum Gasteiger partial charge on any atom is -0.453 e. The maximum Gasteiger partial charge on any atom is 0.407 e. The topological polar surface area (TPSA) is 184 Å². The quantitative estimate of drug-likeness (QED) is 0.0923. The normalized spacial score (nSPS) is 19.0. The number of ether oxygens (including phenoxy) is 3. The van der Waals surface area contributed by atoms with Crippen molar-refractivity contribution in [2.75, 3.05) is 46.8 Å². The van der Waals surface area contributed by atoms with E-state index in [1.807, 2.05) is 24.9 Å². The number of H-pyrrole nitrogens is 2. The van der Waals surface area contributed by atoms with E-state index in [0.717, 1.165) is 75.3 Å². The Balaban J connectivity index is 0.00000330. The van der Waals surface area contributed by atoms with Crippen LogP contribution in [0.25, 0.3) is 44.4 Å². The molecule has 0 unspecified atom stereocenters. The Bertz CT molecular complexity index is 2420. The van der Waals surface area contributed by atoms with E-state index in [1.54, 1.807) is 30.0 Å². The standard InChI is InChI=1S/C45H52N8O7S.2H2/c1-26(2)37(51-44(57)60-5)41(55)53-25-45(15-16-45)22-36(53)38-46-24-35(48-38)32-13-12-30-20-29(10-11-31(30)21-32)27-6-8-28(9-7-27)34-23-47-39(49-34)42-52(17-19-61-42)40(54)33(14-18-58-3)50-43(56)59-4;;/h6-13,20-21,23-24,26,33,36-37,42H,14-19,22,25H2,1-5H3,(H,46,48)(H,47,49)(H,50,56)(H,51,57);2*1H/t33-,36-,37-,42-;;/m0../s1. The molecule has 0 radical (unpaired) electrons. The first-order chi connectivity index (χ1) is 29.5. The number of thioether (sulfide) groups is 1. The van der Waals surface area contributed by atoms with Crippen LogP contribution in [0.2, 0.25) is 0 Å². The van der Waals surface area contributed by atoms with Crippen LogP contribution >= 0.6 is 11.8 Å². The van der Waals surface area contributed by atoms with Crippen LogP contribution in [0.15, 0.2) is 73.1 Å². The van der Waals surface area contributed by atoms with Crippen molar-refractivity contribution in [2.24, 2.45) is 11.3 Å². The third-order valence-corrected chi connectivity index (χ3v) is 13.3. The molecule has 3 aromatic carbocycles. The highest BCUT2D eigenvalue weighted by atomic mass is 32.2. The van der Waals surface area contributed by atoms with Crippen molar-refractivity contribution >= 4 is 46.5 Å². The van der Waals surface area contributed by atoms with Gasteiger partial charge in [-0.05, 0) is 70.2 Å². The van der Waals surface area contributed by atoms with Gasteiger partial charge >= 0.3 is 12.2 Å². The fraction of sp³-hybridized carbons (Fsp3) is 0.422. The molecule has 8 rings (SSSR count). The molecular formula is C45H56N8O7S. The van der Waals surface area contributed by atoms with Crippen LogP contribution in [0.4, 0.5) is 9.59 Å². The summed E-state index contributed by atoms with van der Waals surface area (Å²) < 4.78 is 14.7. The zero-order valence-corrected chi connectivity index (χ0v) is 35.8. The molecule has 1 aliphatic carbocycles. The number of aromatic amines is 2. The zero-order valence-electron chi connectivity index (χ0n) is 35.0. The number of carbonyl (C=O) groups excluding carboxylic acids is 4. The Morgan fingerprint density at radius 2 is 1.41 bits per heavy atom. The smallest absolute Gasteiger partial charge is 0.407 e. The van der Waals surface area contributed by atoms with Gasteiger partial charge in [0.2, 0.25) is 11.8 Å². The minimum absolute atomic E-state index is 0. The lowest BCUT2D eigenvalue weighted by Crippen LogP contribution is -2.51. The first-order valence-electron chi connectivity index (χ1n) is 20.6. The predicted octanol–water partition coefficient (Wildman–Crippen LogP) is 7.55. The molecule has 2 saturated heterocycles. The number of nitrogens with one attached hydrogen (secondary N) is 4. The third-order valence-electron chi connectivity index (χ3n) is 12.1. The maximum absolute atomic E-state index is 13.9. The molecule has 15 nitrogen and oxygen atoms in total. The molecule has 1 spiro atoms. The summed E-state index contributed by atoms with van der Waals surface area (Å²) >= 11 is 1.62. The number of alkyl carbamates (subject to hydrolysis) is 2. The number of methoxy groups -OCH3 is 3. The molecule has 2 aliphatic heterocycles. The molecule has 0 bridgehead atoms. The van der Waals surface area contributed by atoms with Gasteiger partial charge in [0.25, 0.3) is 0 Å². The number of rotatable bonds is 13. The number of hydrogen-bond donors (Lipinski definition) is 4. The van der Waals surface area contributed by atoms with Gasteiger partial charge in [0.1, 0.15) is 29.1 Å². The predicted molar refractivity (Wildman–Crippen MR) is 236 cm³/mol. The lowest BCUT2D eigenvalue weighted by Gasteiger charge is -2.30. The maximum atomic E-state index is 13.9. The second-order valence-electron chi connectivity index (χ2n) is 16.5. The number of benzene rings is 3. The summed E-state index contributed by atoms with van der Waals surface area (Å²) in [6, 6.07) is 19.4. The Morgan fingerprint density at radius 1 is 0.803 bits per heavy atom. The van der Waals surface area contributed by atoms with Crippen LogP contribution in [0.5, 0.6) is 0 Å². The fourth-order valence-corrected chi connectivity index (χ4v) is 9.65. The lowest BCUT2D eigenvalue weighted by atomic mass is 9.98. The highest BCUT2D eigenvalue weighted by Gasteiger charge is 2.55. The summed E-state index contributed by atoms with van der Waals surface area (Å²) in [4.78, 5) is 71.7. The largest absolute Gasteiger partial charge is 0.453 e. The summed E-state index contributed by atoms with van der Waals surface area (Å²) in [5.41, 5.74) is 5.96. The number of imidazole rings is 2. The van der Waals surface area contributed by atoms with E-state index < -0.39 is 24.3 Å². The van der Waals surface area contributed by atoms with Gasteiger partial charge in [-0.1, -0.05) is 62.4 Å². The fourth-order valence-electron chi connectivity index (χ4n) is 8.46. The number of aromatic nitrogens is 4. The van der Waals surface area contributed by atoms with E-state index >= 15 is 0 Å². The summed E-state index contributed by atoms with van der Waals surface area (Å²) in [5.74, 6) is 1.75. The molecule has 61 heavy (non-hydrogen) atoms. The van der Waals surface area contributed by atoms with Crippen molar-refractivity contribution < 1.29 is 36.2 Å². The zero-order chi connectivity index (χ0) is 42.8. The Kier molecular flexibility index (Phi) is 12.1. The summed E-state index contributed by atoms with van der Waals surface area (Å²) in [7, 11) is 4.13. The number of hydrogen-bond acceptors (Lipinski definition) is 10. The average Bonchev–Trinajstić information content (AvgIpc) is 3.81. The van der Waals surface area contributed by atoms with Crippen LogP contribution in [-0.2, 0) is 23.8 Å². The van der Waals surface area contributed by atoms with E-state index in [4.69, 9.17) is 19.2 Å². The first kappa shape index (κ1) is 41.8. The van der Waals surface area contributed by atoms with Crippen LogP contribution < -0.4 is 10.6 Å². The highest BCUT2D eigenvalue weighted by Crippen LogP contribution is 2.58. The average molecular weight is 853 g/mol. The van der Waals surface area contributed by atoms with Gasteiger partial charge in [-0.25, -0.2) is 19.6 Å². The number of nitrogens with zero attached hydrogens (tertiary/aromatic N) is 4. The van der Waals surface area contributed by atoms with Crippen LogP contribution in [0.1, 0.15) is 65.4 Å². The highest BCUT2D eigenvalue weighted by molar-refractivity contribution is 7.99. The SMILES string of the molecule is COCC[C@H](NC(=O)OC)C(=O)N1CCS[C@H]1c1ncc(-c2ccc(-c3ccc4cc(-c5cnc([C@@H]6CC7(CC7)CN6C(=O)[C@@H](NC(=O)OC)C(C)C)[nH]5)ccc4c3)cc2)[nH]1.[HH].[HH]. The van der Waals surface area contributed by atoms with E-state index in [-0.39, 0.29) is 37.4 Å². The van der Waals surface area contributed by atoms with Crippen molar-refractivity contribution in [3.05, 3.63) is 84.7 Å². The summed E-state index contributed by atoms with van der Waals surface area (Å²) in [6.45, 7) is 5.35. The molecular weight excluding hydrogens is 797 g/mol. The van der Waals surface area contributed by atoms with E-state index in [1.165, 1.54) is 14.2 Å². The monoisotopic (exact) mass is 852 g/mol. The molecule has 4 heterocycles. The molecule has 4 atom stereocenters. The molecule has 4 amide bonds. The molecule has 324 valence electrons. The molecule has 3 fully saturated rings. The number of likely N-dealkylation sites (tertiary alicyclic amines) is 1. The molecule has 16 heteroatoms. The molecule has 4 N–H and O–H groups in total. The van der Waals surface area contributed by atoms with Gasteiger partial charge in [-0.3, -0.25) is 9.59 Å². The Morgan fingerprint density at radius 3 is 2.08 bits per heavy atom. The minimum atomic E-state index is -0.774. The van der Waals surface area contributed by atoms with Crippen molar-refractivity contribution in [2.45, 2.75) is 63.0 Å². The summed E-state index contributed by atoms with van der Waals surface area (Å²) in [5, 5.41) is 7.27. The number of fused-ring (bicyclic) bond motifs is 1. The van der Waals surface area contributed by atoms with Crippen molar-refractivity contribution in [1.29, 1.82) is 0 Å². The van der Waals surface area contributed by atoms with E-state index in [9.17, 15) is 19.2 Å². The number of carbonyl (C=O) groups is 4. The van der Waals surface area contributed by atoms with E-state index in [0.29, 0.717) is 31.9 Å². The Hall–Kier alpha value is -5.87. The van der Waals surface area contributed by atoms with Crippen molar-refractivity contribution in [3.8, 4) is 33.6 Å². The lowest BCUT2D eigenvalue weighted by molar-refractivity contribution is -0.136. The van der Waals surface area contributed by atoms with Crippen molar-refractivity contribution in [1.82, 2.24) is 40.4 Å². The molecule has 2 aromatic heterocycles. The van der Waals surface area contributed by atoms with Gasteiger partial charge in [0.05, 0.1) is 44.0 Å². The summed E-state index contributed by atoms with van der Waals surface area (Å²) in [6.07, 6.45) is 5.69. The second-order valence-corrected chi connectivity index (χ2v) is 17.7. The second kappa shape index (κ2) is 17.6. The van der Waals surface area contributed by atoms with Gasteiger partial charge in [0.15, 0.2) is 0 Å². The van der Waals surface area contributed by atoms with E-state index in [2.05, 4.69) is 86.2 Å². The van der Waals surface area contributed by atoms with Gasteiger partial charge in [0, 0.05) is 47.4 Å². The Labute approximate surface area is 361 Å². The molecule has 5 aromatic rings. The van der Waals surface area contributed by atoms with Crippen LogP contribution in [-0.4, -0.2) is 113 Å². The van der Waals surface area contributed by atoms with Crippen LogP contribution in [0, 0.1) is 11.3 Å². The van der Waals surface area contributed by atoms with Crippen molar-refractivity contribution in [3.63, 3.8) is 0 Å². The first-order valence-corrected chi connectivity index (χ1v) is 21.7. The molecule has 1 saturated carbocycles.